The SMILES string of the molecule is CS(=O)Cc1ccc(Cl)c(S(=O)(=O)Cl)c1. The summed E-state index contributed by atoms with van der Waals surface area (Å²) in [7, 11) is 0.295. The molecule has 0 fully saturated rings. The molecule has 0 amide bonds. The van der Waals surface area contributed by atoms with E-state index in [0.29, 0.717) is 5.56 Å². The van der Waals surface area contributed by atoms with E-state index in [1.165, 1.54) is 18.4 Å². The zero-order valence-electron chi connectivity index (χ0n) is 7.74. The Balaban J connectivity index is 3.23. The molecule has 15 heavy (non-hydrogen) atoms. The Labute approximate surface area is 100 Å². The third kappa shape index (κ3) is 3.75. The third-order valence-corrected chi connectivity index (χ3v) is 4.17. The van der Waals surface area contributed by atoms with Gasteiger partial charge in [-0.25, -0.2) is 8.42 Å². The van der Waals surface area contributed by atoms with Gasteiger partial charge in [0.2, 0.25) is 0 Å². The van der Waals surface area contributed by atoms with Crippen molar-refractivity contribution in [2.24, 2.45) is 0 Å². The minimum Gasteiger partial charge on any atom is -0.260 e. The summed E-state index contributed by atoms with van der Waals surface area (Å²) in [6.45, 7) is 0. The van der Waals surface area contributed by atoms with E-state index >= 15 is 0 Å². The van der Waals surface area contributed by atoms with Crippen molar-refractivity contribution in [1.82, 2.24) is 0 Å². The second kappa shape index (κ2) is 4.82. The molecular weight excluding hydrogens is 279 g/mol. The zero-order chi connectivity index (χ0) is 11.6. The van der Waals surface area contributed by atoms with Gasteiger partial charge in [-0.15, -0.1) is 0 Å². The van der Waals surface area contributed by atoms with E-state index in [4.69, 9.17) is 22.3 Å². The third-order valence-electron chi connectivity index (χ3n) is 1.63. The van der Waals surface area contributed by atoms with E-state index in [2.05, 4.69) is 0 Å². The van der Waals surface area contributed by atoms with Crippen molar-refractivity contribution < 1.29 is 12.6 Å². The largest absolute Gasteiger partial charge is 0.262 e. The Morgan fingerprint density at radius 3 is 2.47 bits per heavy atom. The quantitative estimate of drug-likeness (QED) is 0.800. The smallest absolute Gasteiger partial charge is 0.260 e. The van der Waals surface area contributed by atoms with Gasteiger partial charge in [0, 0.05) is 33.5 Å². The van der Waals surface area contributed by atoms with Crippen molar-refractivity contribution in [3.63, 3.8) is 0 Å². The van der Waals surface area contributed by atoms with Gasteiger partial charge in [0.15, 0.2) is 0 Å². The summed E-state index contributed by atoms with van der Waals surface area (Å²) in [4.78, 5) is -0.145. The summed E-state index contributed by atoms with van der Waals surface area (Å²) in [5.74, 6) is 0.274. The summed E-state index contributed by atoms with van der Waals surface area (Å²) < 4.78 is 33.1. The first-order chi connectivity index (χ1) is 6.80. The fourth-order valence-corrected chi connectivity index (χ4v) is 3.22. The van der Waals surface area contributed by atoms with Crippen LogP contribution in [0.2, 0.25) is 5.02 Å². The first-order valence-electron chi connectivity index (χ1n) is 3.84. The van der Waals surface area contributed by atoms with Crippen LogP contribution in [-0.2, 0) is 25.6 Å². The lowest BCUT2D eigenvalue weighted by Crippen LogP contribution is -1.97. The molecule has 0 saturated heterocycles. The number of benzene rings is 1. The average molecular weight is 287 g/mol. The predicted molar refractivity (Wildman–Crippen MR) is 62.3 cm³/mol. The van der Waals surface area contributed by atoms with Crippen LogP contribution in [0, 0.1) is 0 Å². The molecule has 0 aromatic heterocycles. The molecule has 1 unspecified atom stereocenters. The second-order valence-electron chi connectivity index (χ2n) is 2.92. The van der Waals surface area contributed by atoms with E-state index in [1.807, 2.05) is 0 Å². The van der Waals surface area contributed by atoms with E-state index in [0.717, 1.165) is 0 Å². The molecule has 84 valence electrons. The molecular formula is C8H8Cl2O3S2. The summed E-state index contributed by atoms with van der Waals surface area (Å²) >= 11 is 5.68. The lowest BCUT2D eigenvalue weighted by Gasteiger charge is -2.03. The van der Waals surface area contributed by atoms with Gasteiger partial charge in [0.05, 0.1) is 5.02 Å². The minimum atomic E-state index is -3.85. The predicted octanol–water partition coefficient (Wildman–Crippen LogP) is 2.15. The van der Waals surface area contributed by atoms with Crippen LogP contribution >= 0.6 is 22.3 Å². The van der Waals surface area contributed by atoms with Gasteiger partial charge in [-0.2, -0.15) is 0 Å². The van der Waals surface area contributed by atoms with Crippen LogP contribution in [0.25, 0.3) is 0 Å². The molecule has 0 N–H and O–H groups in total. The molecule has 0 heterocycles. The average Bonchev–Trinajstić information content (AvgIpc) is 2.05. The van der Waals surface area contributed by atoms with Gasteiger partial charge in [-0.05, 0) is 17.7 Å². The first kappa shape index (κ1) is 13.0. The normalized spacial score (nSPS) is 13.8. The summed E-state index contributed by atoms with van der Waals surface area (Å²) in [5, 5.41) is 0.0654. The maximum absolute atomic E-state index is 11.1. The van der Waals surface area contributed by atoms with Crippen LogP contribution in [0.5, 0.6) is 0 Å². The molecule has 0 bridgehead atoms. The highest BCUT2D eigenvalue weighted by molar-refractivity contribution is 8.13. The molecule has 1 atom stereocenters. The van der Waals surface area contributed by atoms with Gasteiger partial charge < -0.3 is 0 Å². The van der Waals surface area contributed by atoms with Crippen LogP contribution in [0.4, 0.5) is 0 Å². The van der Waals surface area contributed by atoms with E-state index < -0.39 is 19.9 Å². The standard InChI is InChI=1S/C8H8Cl2O3S2/c1-14(11)5-6-2-3-7(9)8(4-6)15(10,12)13/h2-4H,5H2,1H3. The molecule has 1 aromatic rings. The number of hydrogen-bond acceptors (Lipinski definition) is 3. The van der Waals surface area contributed by atoms with Crippen LogP contribution in [0.1, 0.15) is 5.56 Å². The second-order valence-corrected chi connectivity index (χ2v) is 7.30. The maximum atomic E-state index is 11.1. The Hall–Kier alpha value is -0.100. The van der Waals surface area contributed by atoms with Crippen molar-refractivity contribution >= 4 is 42.1 Å². The molecule has 0 aliphatic carbocycles. The minimum absolute atomic E-state index is 0.0654. The number of rotatable bonds is 3. The topological polar surface area (TPSA) is 51.2 Å². The molecule has 0 aliphatic heterocycles. The van der Waals surface area contributed by atoms with Crippen LogP contribution in [-0.4, -0.2) is 18.9 Å². The Morgan fingerprint density at radius 1 is 1.40 bits per heavy atom. The summed E-state index contributed by atoms with van der Waals surface area (Å²) in [6.07, 6.45) is 1.53. The number of hydrogen-bond donors (Lipinski definition) is 0. The maximum Gasteiger partial charge on any atom is 0.262 e. The van der Waals surface area contributed by atoms with E-state index in [9.17, 15) is 12.6 Å². The Bertz CT molecular complexity index is 497. The lowest BCUT2D eigenvalue weighted by atomic mass is 10.2. The molecule has 0 aliphatic rings. The molecule has 7 heteroatoms. The van der Waals surface area contributed by atoms with Gasteiger partial charge in [0.25, 0.3) is 9.05 Å². The van der Waals surface area contributed by atoms with Crippen LogP contribution < -0.4 is 0 Å². The van der Waals surface area contributed by atoms with Crippen molar-refractivity contribution in [2.45, 2.75) is 10.6 Å². The molecule has 0 radical (unpaired) electrons. The first-order valence-corrected chi connectivity index (χ1v) is 8.25. The highest BCUT2D eigenvalue weighted by Crippen LogP contribution is 2.26. The molecule has 3 nitrogen and oxygen atoms in total. The van der Waals surface area contributed by atoms with Gasteiger partial charge >= 0.3 is 0 Å². The van der Waals surface area contributed by atoms with Gasteiger partial charge in [0.1, 0.15) is 4.90 Å². The van der Waals surface area contributed by atoms with Crippen molar-refractivity contribution in [3.05, 3.63) is 28.8 Å². The van der Waals surface area contributed by atoms with Gasteiger partial charge in [-0.3, -0.25) is 4.21 Å². The molecule has 1 aromatic carbocycles. The van der Waals surface area contributed by atoms with E-state index in [-0.39, 0.29) is 15.7 Å². The molecule has 0 spiro atoms. The lowest BCUT2D eigenvalue weighted by molar-refractivity contribution is 0.609. The molecule has 1 rings (SSSR count). The fourth-order valence-electron chi connectivity index (χ4n) is 1.06. The monoisotopic (exact) mass is 286 g/mol. The molecule has 0 saturated carbocycles. The highest BCUT2D eigenvalue weighted by atomic mass is 35.7. The number of halogens is 2. The van der Waals surface area contributed by atoms with Crippen LogP contribution in [0.3, 0.4) is 0 Å². The van der Waals surface area contributed by atoms with Gasteiger partial charge in [-0.1, -0.05) is 17.7 Å². The van der Waals surface area contributed by atoms with Crippen molar-refractivity contribution in [2.75, 3.05) is 6.26 Å². The summed E-state index contributed by atoms with van der Waals surface area (Å²) in [6, 6.07) is 4.39. The highest BCUT2D eigenvalue weighted by Gasteiger charge is 2.15. The van der Waals surface area contributed by atoms with Crippen LogP contribution in [0.15, 0.2) is 23.1 Å². The Kier molecular flexibility index (Phi) is 4.17. The van der Waals surface area contributed by atoms with Crippen molar-refractivity contribution in [3.8, 4) is 0 Å². The Morgan fingerprint density at radius 2 is 2.00 bits per heavy atom. The van der Waals surface area contributed by atoms with E-state index in [1.54, 1.807) is 6.07 Å². The summed E-state index contributed by atoms with van der Waals surface area (Å²) in [5.41, 5.74) is 0.624. The van der Waals surface area contributed by atoms with Crippen molar-refractivity contribution in [1.29, 1.82) is 0 Å². The fraction of sp³-hybridized carbons (Fsp3) is 0.250. The zero-order valence-corrected chi connectivity index (χ0v) is 10.9.